The van der Waals surface area contributed by atoms with Gasteiger partial charge in [-0.25, -0.2) is 4.79 Å². The van der Waals surface area contributed by atoms with E-state index < -0.39 is 11.6 Å². The molecule has 6 nitrogen and oxygen atoms in total. The normalized spacial score (nSPS) is 10.8. The summed E-state index contributed by atoms with van der Waals surface area (Å²) in [6.07, 6.45) is 1.50. The van der Waals surface area contributed by atoms with E-state index in [1.165, 1.54) is 22.9 Å². The molecule has 0 atom stereocenters. The van der Waals surface area contributed by atoms with Crippen molar-refractivity contribution in [3.63, 3.8) is 0 Å². The fourth-order valence-corrected chi connectivity index (χ4v) is 2.57. The van der Waals surface area contributed by atoms with Gasteiger partial charge in [-0.1, -0.05) is 17.7 Å². The Morgan fingerprint density at radius 3 is 2.80 bits per heavy atom. The van der Waals surface area contributed by atoms with Crippen LogP contribution in [0.4, 0.5) is 0 Å². The maximum absolute atomic E-state index is 12.0. The Balaban J connectivity index is 1.82. The van der Waals surface area contributed by atoms with Gasteiger partial charge in [0, 0.05) is 34.3 Å². The second kappa shape index (κ2) is 6.94. The maximum Gasteiger partial charge on any atom is 0.336 e. The van der Waals surface area contributed by atoms with Crippen molar-refractivity contribution in [2.45, 2.75) is 20.1 Å². The fraction of sp³-hybridized carbons (Fsp3) is 0.167. The van der Waals surface area contributed by atoms with E-state index in [9.17, 15) is 14.4 Å². The van der Waals surface area contributed by atoms with Crippen LogP contribution in [0, 0.1) is 6.92 Å². The van der Waals surface area contributed by atoms with Crippen molar-refractivity contribution in [3.05, 3.63) is 79.5 Å². The van der Waals surface area contributed by atoms with Crippen molar-refractivity contribution >= 4 is 28.5 Å². The standard InChI is InChI=1S/C18H14ClNO5/c1-11-6-15-13(8-14(11)19)12(7-17(22)25-15)10-24-18(23)9-20-5-3-2-4-16(20)21/h2-8H,9-10H2,1H3. The first-order valence-corrected chi connectivity index (χ1v) is 7.86. The molecule has 0 bridgehead atoms. The van der Waals surface area contributed by atoms with Crippen molar-refractivity contribution in [1.29, 1.82) is 0 Å². The van der Waals surface area contributed by atoms with Crippen molar-refractivity contribution in [2.75, 3.05) is 0 Å². The molecular weight excluding hydrogens is 346 g/mol. The topological polar surface area (TPSA) is 78.5 Å². The Morgan fingerprint density at radius 1 is 1.24 bits per heavy atom. The van der Waals surface area contributed by atoms with Gasteiger partial charge in [0.2, 0.25) is 0 Å². The number of nitrogens with zero attached hydrogens (tertiary/aromatic N) is 1. The third kappa shape index (κ3) is 3.80. The number of hydrogen-bond donors (Lipinski definition) is 0. The van der Waals surface area contributed by atoms with Gasteiger partial charge < -0.3 is 13.7 Å². The highest BCUT2D eigenvalue weighted by Gasteiger charge is 2.11. The van der Waals surface area contributed by atoms with Gasteiger partial charge in [0.15, 0.2) is 0 Å². The highest BCUT2D eigenvalue weighted by Crippen LogP contribution is 2.25. The number of aromatic nitrogens is 1. The Labute approximate surface area is 147 Å². The lowest BCUT2D eigenvalue weighted by atomic mass is 10.1. The lowest BCUT2D eigenvalue weighted by molar-refractivity contribution is -0.145. The van der Waals surface area contributed by atoms with Crippen LogP contribution >= 0.6 is 11.6 Å². The number of benzene rings is 1. The van der Waals surface area contributed by atoms with Gasteiger partial charge in [0.25, 0.3) is 5.56 Å². The van der Waals surface area contributed by atoms with Crippen LogP contribution in [0.1, 0.15) is 11.1 Å². The molecule has 25 heavy (non-hydrogen) atoms. The average Bonchev–Trinajstić information content (AvgIpc) is 2.56. The first-order chi connectivity index (χ1) is 11.9. The zero-order chi connectivity index (χ0) is 18.0. The molecule has 0 amide bonds. The third-order valence-corrected chi connectivity index (χ3v) is 4.10. The number of halogens is 1. The lowest BCUT2D eigenvalue weighted by Gasteiger charge is -2.09. The predicted molar refractivity (Wildman–Crippen MR) is 92.7 cm³/mol. The highest BCUT2D eigenvalue weighted by atomic mass is 35.5. The summed E-state index contributed by atoms with van der Waals surface area (Å²) >= 11 is 6.12. The summed E-state index contributed by atoms with van der Waals surface area (Å²) in [4.78, 5) is 35.3. The molecule has 2 aromatic heterocycles. The number of fused-ring (bicyclic) bond motifs is 1. The largest absolute Gasteiger partial charge is 0.459 e. The number of hydrogen-bond acceptors (Lipinski definition) is 5. The van der Waals surface area contributed by atoms with E-state index in [-0.39, 0.29) is 18.7 Å². The molecule has 0 aliphatic rings. The molecule has 0 unspecified atom stereocenters. The van der Waals surface area contributed by atoms with E-state index in [0.29, 0.717) is 21.6 Å². The third-order valence-electron chi connectivity index (χ3n) is 3.70. The molecule has 0 aliphatic heterocycles. The van der Waals surface area contributed by atoms with Gasteiger partial charge in [0.1, 0.15) is 18.7 Å². The molecule has 0 spiro atoms. The van der Waals surface area contributed by atoms with Crippen LogP contribution in [-0.4, -0.2) is 10.5 Å². The van der Waals surface area contributed by atoms with Crippen molar-refractivity contribution in [3.8, 4) is 0 Å². The first-order valence-electron chi connectivity index (χ1n) is 7.48. The van der Waals surface area contributed by atoms with Crippen LogP contribution in [0.3, 0.4) is 0 Å². The monoisotopic (exact) mass is 359 g/mol. The molecule has 0 radical (unpaired) electrons. The summed E-state index contributed by atoms with van der Waals surface area (Å²) < 4.78 is 11.6. The van der Waals surface area contributed by atoms with Gasteiger partial charge in [0.05, 0.1) is 0 Å². The molecule has 1 aromatic carbocycles. The van der Waals surface area contributed by atoms with E-state index in [2.05, 4.69) is 0 Å². The van der Waals surface area contributed by atoms with E-state index in [1.807, 2.05) is 0 Å². The Kier molecular flexibility index (Phi) is 4.72. The van der Waals surface area contributed by atoms with Gasteiger partial charge in [-0.15, -0.1) is 0 Å². The minimum atomic E-state index is -0.590. The Bertz CT molecular complexity index is 1070. The van der Waals surface area contributed by atoms with Crippen molar-refractivity contribution in [1.82, 2.24) is 4.57 Å². The predicted octanol–water partition coefficient (Wildman–Crippen LogP) is 2.66. The molecular formula is C18H14ClNO5. The summed E-state index contributed by atoms with van der Waals surface area (Å²) in [5, 5.41) is 1.12. The molecule has 0 saturated carbocycles. The second-order valence-electron chi connectivity index (χ2n) is 5.52. The quantitative estimate of drug-likeness (QED) is 0.528. The molecule has 3 aromatic rings. The van der Waals surface area contributed by atoms with E-state index in [1.54, 1.807) is 31.2 Å². The van der Waals surface area contributed by atoms with Gasteiger partial charge in [-0.3, -0.25) is 9.59 Å². The number of aryl methyl sites for hydroxylation is 1. The fourth-order valence-electron chi connectivity index (χ4n) is 2.40. The summed E-state index contributed by atoms with van der Waals surface area (Å²) in [7, 11) is 0. The molecule has 0 N–H and O–H groups in total. The summed E-state index contributed by atoms with van der Waals surface area (Å²) in [5.74, 6) is -0.590. The summed E-state index contributed by atoms with van der Waals surface area (Å²) in [5.41, 5.74) is 0.795. The minimum absolute atomic E-state index is 0.123. The molecule has 128 valence electrons. The van der Waals surface area contributed by atoms with Gasteiger partial charge in [-0.05, 0) is 30.7 Å². The number of rotatable bonds is 4. The lowest BCUT2D eigenvalue weighted by Crippen LogP contribution is -2.23. The Morgan fingerprint density at radius 2 is 2.04 bits per heavy atom. The maximum atomic E-state index is 12.0. The number of carbonyl (C=O) groups is 1. The minimum Gasteiger partial charge on any atom is -0.459 e. The van der Waals surface area contributed by atoms with Gasteiger partial charge >= 0.3 is 11.6 Å². The van der Waals surface area contributed by atoms with Crippen LogP contribution < -0.4 is 11.2 Å². The van der Waals surface area contributed by atoms with Crippen LogP contribution in [0.25, 0.3) is 11.0 Å². The summed E-state index contributed by atoms with van der Waals surface area (Å²) in [6, 6.07) is 9.18. The number of carbonyl (C=O) groups excluding carboxylic acids is 1. The number of esters is 1. The zero-order valence-corrected chi connectivity index (χ0v) is 14.1. The molecule has 7 heteroatoms. The SMILES string of the molecule is Cc1cc2oc(=O)cc(COC(=O)Cn3ccccc3=O)c2cc1Cl. The van der Waals surface area contributed by atoms with Crippen molar-refractivity contribution < 1.29 is 13.9 Å². The average molecular weight is 360 g/mol. The van der Waals surface area contributed by atoms with Crippen LogP contribution in [0.2, 0.25) is 5.02 Å². The first kappa shape index (κ1) is 17.0. The van der Waals surface area contributed by atoms with E-state index >= 15 is 0 Å². The van der Waals surface area contributed by atoms with E-state index in [4.69, 9.17) is 20.8 Å². The van der Waals surface area contributed by atoms with Crippen LogP contribution in [-0.2, 0) is 22.7 Å². The molecule has 0 fully saturated rings. The number of ether oxygens (including phenoxy) is 1. The summed E-state index contributed by atoms with van der Waals surface area (Å²) in [6.45, 7) is 1.47. The van der Waals surface area contributed by atoms with Crippen LogP contribution in [0.15, 0.2) is 56.6 Å². The highest BCUT2D eigenvalue weighted by molar-refractivity contribution is 6.32. The van der Waals surface area contributed by atoms with E-state index in [0.717, 1.165) is 5.56 Å². The zero-order valence-electron chi connectivity index (χ0n) is 13.3. The van der Waals surface area contributed by atoms with Crippen LogP contribution in [0.5, 0.6) is 0 Å². The second-order valence-corrected chi connectivity index (χ2v) is 5.92. The molecule has 3 rings (SSSR count). The smallest absolute Gasteiger partial charge is 0.336 e. The number of pyridine rings is 1. The molecule has 0 aliphatic carbocycles. The molecule has 0 saturated heterocycles. The Hall–Kier alpha value is -2.86. The molecule has 2 heterocycles. The van der Waals surface area contributed by atoms with Crippen molar-refractivity contribution in [2.24, 2.45) is 0 Å². The van der Waals surface area contributed by atoms with Gasteiger partial charge in [-0.2, -0.15) is 0 Å².